The van der Waals surface area contributed by atoms with Gasteiger partial charge in [0.2, 0.25) is 5.91 Å². The van der Waals surface area contributed by atoms with Gasteiger partial charge in [-0.25, -0.2) is 0 Å². The van der Waals surface area contributed by atoms with E-state index in [0.29, 0.717) is 17.3 Å². The standard InChI is InChI=1S/C23H29ClN2O3/c1-16-8-6-9-18(12-16)14-26(17(2)22(28)25-23(3,4)5)21(27)15-29-20-11-7-10-19(24)13-20/h6-13,17H,14-15H2,1-5H3,(H,25,28)/t17-/m1/s1. The van der Waals surface area contributed by atoms with Gasteiger partial charge in [0.1, 0.15) is 11.8 Å². The first-order chi connectivity index (χ1) is 13.5. The molecule has 0 spiro atoms. The lowest BCUT2D eigenvalue weighted by Gasteiger charge is -2.31. The summed E-state index contributed by atoms with van der Waals surface area (Å²) >= 11 is 5.97. The van der Waals surface area contributed by atoms with Crippen molar-refractivity contribution in [3.63, 3.8) is 0 Å². The van der Waals surface area contributed by atoms with Crippen LogP contribution in [0.15, 0.2) is 48.5 Å². The highest BCUT2D eigenvalue weighted by Gasteiger charge is 2.28. The minimum atomic E-state index is -0.648. The molecule has 1 N–H and O–H groups in total. The molecule has 0 saturated carbocycles. The van der Waals surface area contributed by atoms with Gasteiger partial charge in [-0.3, -0.25) is 9.59 Å². The van der Waals surface area contributed by atoms with Crippen LogP contribution in [0.3, 0.4) is 0 Å². The van der Waals surface area contributed by atoms with Crippen LogP contribution in [-0.2, 0) is 16.1 Å². The molecule has 0 aliphatic carbocycles. The van der Waals surface area contributed by atoms with Gasteiger partial charge >= 0.3 is 0 Å². The molecule has 29 heavy (non-hydrogen) atoms. The van der Waals surface area contributed by atoms with Crippen molar-refractivity contribution in [2.24, 2.45) is 0 Å². The Bertz CT molecular complexity index is 861. The van der Waals surface area contributed by atoms with E-state index in [4.69, 9.17) is 16.3 Å². The van der Waals surface area contributed by atoms with Crippen LogP contribution in [0.4, 0.5) is 0 Å². The molecule has 0 aliphatic heterocycles. The predicted molar refractivity (Wildman–Crippen MR) is 116 cm³/mol. The van der Waals surface area contributed by atoms with Crippen LogP contribution in [0.1, 0.15) is 38.8 Å². The van der Waals surface area contributed by atoms with Crippen LogP contribution in [0.5, 0.6) is 5.75 Å². The Morgan fingerprint density at radius 3 is 2.45 bits per heavy atom. The van der Waals surface area contributed by atoms with Crippen LogP contribution in [0.25, 0.3) is 0 Å². The Morgan fingerprint density at radius 2 is 1.83 bits per heavy atom. The average molecular weight is 417 g/mol. The summed E-state index contributed by atoms with van der Waals surface area (Å²) in [6.07, 6.45) is 0. The van der Waals surface area contributed by atoms with E-state index in [2.05, 4.69) is 5.32 Å². The molecule has 5 nitrogen and oxygen atoms in total. The van der Waals surface area contributed by atoms with Crippen LogP contribution in [0, 0.1) is 6.92 Å². The van der Waals surface area contributed by atoms with Crippen molar-refractivity contribution in [2.75, 3.05) is 6.61 Å². The molecular formula is C23H29ClN2O3. The van der Waals surface area contributed by atoms with Crippen LogP contribution < -0.4 is 10.1 Å². The fraction of sp³-hybridized carbons (Fsp3) is 0.391. The fourth-order valence-electron chi connectivity index (χ4n) is 2.85. The topological polar surface area (TPSA) is 58.6 Å². The number of halogens is 1. The molecule has 156 valence electrons. The van der Waals surface area contributed by atoms with E-state index in [9.17, 15) is 9.59 Å². The van der Waals surface area contributed by atoms with Gasteiger partial charge in [0, 0.05) is 17.1 Å². The molecule has 2 amide bonds. The van der Waals surface area contributed by atoms with E-state index < -0.39 is 6.04 Å². The van der Waals surface area contributed by atoms with Crippen molar-refractivity contribution >= 4 is 23.4 Å². The van der Waals surface area contributed by atoms with Crippen molar-refractivity contribution in [3.8, 4) is 5.75 Å². The number of ether oxygens (including phenoxy) is 1. The van der Waals surface area contributed by atoms with Crippen LogP contribution >= 0.6 is 11.6 Å². The van der Waals surface area contributed by atoms with Crippen molar-refractivity contribution in [2.45, 2.75) is 52.7 Å². The summed E-state index contributed by atoms with van der Waals surface area (Å²) in [7, 11) is 0. The van der Waals surface area contributed by atoms with Crippen molar-refractivity contribution in [1.29, 1.82) is 0 Å². The molecule has 2 aromatic carbocycles. The molecule has 0 fully saturated rings. The van der Waals surface area contributed by atoms with Crippen molar-refractivity contribution < 1.29 is 14.3 Å². The van der Waals surface area contributed by atoms with Gasteiger partial charge in [0.15, 0.2) is 6.61 Å². The maximum atomic E-state index is 13.0. The van der Waals surface area contributed by atoms with Gasteiger partial charge in [-0.05, 0) is 58.4 Å². The van der Waals surface area contributed by atoms with Gasteiger partial charge in [-0.15, -0.1) is 0 Å². The van der Waals surface area contributed by atoms with Gasteiger partial charge in [-0.2, -0.15) is 0 Å². The Balaban J connectivity index is 2.18. The Labute approximate surface area is 178 Å². The molecule has 1 atom stereocenters. The second kappa shape index (κ2) is 9.79. The number of rotatable bonds is 7. The number of nitrogens with zero attached hydrogens (tertiary/aromatic N) is 1. The SMILES string of the molecule is Cc1cccc(CN(C(=O)COc2cccc(Cl)c2)[C@H](C)C(=O)NC(C)(C)C)c1. The normalized spacial score (nSPS) is 12.2. The summed E-state index contributed by atoms with van der Waals surface area (Å²) in [5.74, 6) is 0.0254. The van der Waals surface area contributed by atoms with Crippen molar-refractivity contribution in [1.82, 2.24) is 10.2 Å². The molecule has 6 heteroatoms. The Morgan fingerprint density at radius 1 is 1.14 bits per heavy atom. The molecule has 0 aliphatic rings. The molecule has 2 aromatic rings. The third-order valence-electron chi connectivity index (χ3n) is 4.26. The van der Waals surface area contributed by atoms with Gasteiger partial charge in [-0.1, -0.05) is 47.5 Å². The second-order valence-corrected chi connectivity index (χ2v) is 8.61. The number of hydrogen-bond acceptors (Lipinski definition) is 3. The van der Waals surface area contributed by atoms with Gasteiger partial charge in [0.05, 0.1) is 0 Å². The van der Waals surface area contributed by atoms with Crippen molar-refractivity contribution in [3.05, 3.63) is 64.7 Å². The summed E-state index contributed by atoms with van der Waals surface area (Å²) in [5.41, 5.74) is 1.66. The quantitative estimate of drug-likeness (QED) is 0.729. The molecule has 0 aromatic heterocycles. The monoisotopic (exact) mass is 416 g/mol. The number of benzene rings is 2. The van der Waals surface area contributed by atoms with E-state index in [1.807, 2.05) is 52.0 Å². The molecule has 0 unspecified atom stereocenters. The molecular weight excluding hydrogens is 388 g/mol. The first-order valence-electron chi connectivity index (χ1n) is 9.60. The number of hydrogen-bond donors (Lipinski definition) is 1. The van der Waals surface area contributed by atoms with Gasteiger partial charge < -0.3 is 15.0 Å². The zero-order chi connectivity index (χ0) is 21.6. The number of amides is 2. The van der Waals surface area contributed by atoms with Crippen LogP contribution in [-0.4, -0.2) is 34.9 Å². The van der Waals surface area contributed by atoms with Gasteiger partial charge in [0.25, 0.3) is 5.91 Å². The highest BCUT2D eigenvalue weighted by Crippen LogP contribution is 2.18. The van der Waals surface area contributed by atoms with E-state index in [-0.39, 0.29) is 24.0 Å². The average Bonchev–Trinajstić information content (AvgIpc) is 2.62. The Hall–Kier alpha value is -2.53. The summed E-state index contributed by atoms with van der Waals surface area (Å²) in [6, 6.07) is 14.1. The minimum absolute atomic E-state index is 0.181. The minimum Gasteiger partial charge on any atom is -0.484 e. The molecule has 0 heterocycles. The van der Waals surface area contributed by atoms with Crippen LogP contribution in [0.2, 0.25) is 5.02 Å². The molecule has 0 bridgehead atoms. The highest BCUT2D eigenvalue weighted by molar-refractivity contribution is 6.30. The first-order valence-corrected chi connectivity index (χ1v) is 9.98. The number of aryl methyl sites for hydroxylation is 1. The predicted octanol–water partition coefficient (Wildman–Crippen LogP) is 4.36. The molecule has 0 radical (unpaired) electrons. The maximum absolute atomic E-state index is 13.0. The molecule has 2 rings (SSSR count). The largest absolute Gasteiger partial charge is 0.484 e. The second-order valence-electron chi connectivity index (χ2n) is 8.17. The number of carbonyl (C=O) groups is 2. The van der Waals surface area contributed by atoms with E-state index in [1.165, 1.54) is 0 Å². The molecule has 0 saturated heterocycles. The third-order valence-corrected chi connectivity index (χ3v) is 4.49. The maximum Gasteiger partial charge on any atom is 0.261 e. The summed E-state index contributed by atoms with van der Waals surface area (Å²) < 4.78 is 5.61. The third kappa shape index (κ3) is 7.42. The van der Waals surface area contributed by atoms with E-state index in [0.717, 1.165) is 11.1 Å². The lowest BCUT2D eigenvalue weighted by molar-refractivity contribution is -0.142. The zero-order valence-electron chi connectivity index (χ0n) is 17.7. The highest BCUT2D eigenvalue weighted by atomic mass is 35.5. The zero-order valence-corrected chi connectivity index (χ0v) is 18.4. The lowest BCUT2D eigenvalue weighted by atomic mass is 10.1. The summed E-state index contributed by atoms with van der Waals surface area (Å²) in [4.78, 5) is 27.2. The number of nitrogens with one attached hydrogen (secondary N) is 1. The van der Waals surface area contributed by atoms with E-state index >= 15 is 0 Å². The lowest BCUT2D eigenvalue weighted by Crippen LogP contribution is -2.53. The van der Waals surface area contributed by atoms with E-state index in [1.54, 1.807) is 36.1 Å². The fourth-order valence-corrected chi connectivity index (χ4v) is 3.03. The summed E-state index contributed by atoms with van der Waals surface area (Å²) in [5, 5.41) is 3.47. The smallest absolute Gasteiger partial charge is 0.261 e. The first kappa shape index (κ1) is 22.8. The Kier molecular flexibility index (Phi) is 7.68. The number of carbonyl (C=O) groups excluding carboxylic acids is 2. The summed E-state index contributed by atoms with van der Waals surface area (Å²) in [6.45, 7) is 9.59.